The maximum Gasteiger partial charge on any atom is 0.304 e. The van der Waals surface area contributed by atoms with Gasteiger partial charge in [-0.1, -0.05) is 0 Å². The third-order valence-electron chi connectivity index (χ3n) is 3.24. The molecule has 4 nitrogen and oxygen atoms in total. The molecule has 0 aromatic heterocycles. The highest BCUT2D eigenvalue weighted by Gasteiger charge is 2.28. The number of carboxylic acids is 1. The van der Waals surface area contributed by atoms with Gasteiger partial charge in [0.05, 0.1) is 17.9 Å². The van der Waals surface area contributed by atoms with Crippen LogP contribution in [0.4, 0.5) is 0 Å². The Kier molecular flexibility index (Phi) is 4.31. The van der Waals surface area contributed by atoms with E-state index in [2.05, 4.69) is 11.0 Å². The lowest BCUT2D eigenvalue weighted by atomic mass is 9.91. The summed E-state index contributed by atoms with van der Waals surface area (Å²) in [5.41, 5.74) is -0.309. The van der Waals surface area contributed by atoms with Gasteiger partial charge in [0.25, 0.3) is 0 Å². The van der Waals surface area contributed by atoms with Crippen LogP contribution in [0.15, 0.2) is 0 Å². The van der Waals surface area contributed by atoms with Crippen LogP contribution in [-0.4, -0.2) is 35.1 Å². The number of likely N-dealkylation sites (tertiary alicyclic amines) is 1. The Balaban J connectivity index is 2.42. The molecular weight excluding hydrogens is 204 g/mol. The Hall–Kier alpha value is -1.08. The van der Waals surface area contributed by atoms with Crippen LogP contribution >= 0.6 is 0 Å². The average Bonchev–Trinajstić information content (AvgIpc) is 2.62. The second kappa shape index (κ2) is 5.31. The highest BCUT2D eigenvalue weighted by molar-refractivity contribution is 5.67. The molecule has 16 heavy (non-hydrogen) atoms. The summed E-state index contributed by atoms with van der Waals surface area (Å²) in [6.45, 7) is 5.66. The third-order valence-corrected chi connectivity index (χ3v) is 3.24. The summed E-state index contributed by atoms with van der Waals surface area (Å²) in [6, 6.07) is 2.45. The molecule has 1 fully saturated rings. The summed E-state index contributed by atoms with van der Waals surface area (Å²) in [5, 5.41) is 17.7. The first-order valence-electron chi connectivity index (χ1n) is 5.82. The number of rotatable bonds is 5. The van der Waals surface area contributed by atoms with Gasteiger partial charge in [-0.05, 0) is 46.2 Å². The van der Waals surface area contributed by atoms with E-state index in [9.17, 15) is 4.79 Å². The van der Waals surface area contributed by atoms with Crippen LogP contribution in [0.5, 0.6) is 0 Å². The smallest absolute Gasteiger partial charge is 0.304 e. The van der Waals surface area contributed by atoms with Gasteiger partial charge in [-0.2, -0.15) is 5.26 Å². The molecule has 0 saturated carbocycles. The molecule has 1 aliphatic heterocycles. The molecule has 0 bridgehead atoms. The van der Waals surface area contributed by atoms with Gasteiger partial charge in [0, 0.05) is 6.04 Å². The minimum atomic E-state index is -0.726. The predicted molar refractivity (Wildman–Crippen MR) is 60.9 cm³/mol. The molecule has 90 valence electrons. The van der Waals surface area contributed by atoms with Crippen LogP contribution < -0.4 is 0 Å². The highest BCUT2D eigenvalue weighted by Crippen LogP contribution is 2.24. The van der Waals surface area contributed by atoms with Gasteiger partial charge in [0.2, 0.25) is 0 Å². The Bertz CT molecular complexity index is 294. The quantitative estimate of drug-likeness (QED) is 0.774. The summed E-state index contributed by atoms with van der Waals surface area (Å²) in [5.74, 6) is -0.726. The number of carboxylic acid groups (broad SMARTS) is 1. The molecule has 0 amide bonds. The van der Waals surface area contributed by atoms with E-state index in [0.717, 1.165) is 32.4 Å². The zero-order valence-corrected chi connectivity index (χ0v) is 10.1. The van der Waals surface area contributed by atoms with Gasteiger partial charge in [0.1, 0.15) is 0 Å². The standard InChI is InChI=1S/C12H20N2O2/c1-12(2,9-13)5-7-14-6-3-4-10(14)8-11(15)16/h10H,3-8H2,1-2H3,(H,15,16). The molecule has 1 unspecified atom stereocenters. The van der Waals surface area contributed by atoms with Gasteiger partial charge >= 0.3 is 5.97 Å². The van der Waals surface area contributed by atoms with Gasteiger partial charge in [-0.3, -0.25) is 9.69 Å². The minimum absolute atomic E-state index is 0.173. The zero-order chi connectivity index (χ0) is 12.2. The molecule has 0 aliphatic carbocycles. The van der Waals surface area contributed by atoms with E-state index in [1.54, 1.807) is 0 Å². The Morgan fingerprint density at radius 2 is 2.31 bits per heavy atom. The molecule has 1 aliphatic rings. The van der Waals surface area contributed by atoms with Crippen molar-refractivity contribution >= 4 is 5.97 Å². The van der Waals surface area contributed by atoms with Crippen LogP contribution in [0.25, 0.3) is 0 Å². The lowest BCUT2D eigenvalue weighted by molar-refractivity contribution is -0.138. The minimum Gasteiger partial charge on any atom is -0.481 e. The lowest BCUT2D eigenvalue weighted by Gasteiger charge is -2.26. The SMILES string of the molecule is CC(C)(C#N)CCN1CCCC1CC(=O)O. The monoisotopic (exact) mass is 224 g/mol. The fraction of sp³-hybridized carbons (Fsp3) is 0.833. The molecule has 1 rings (SSSR count). The van der Waals surface area contributed by atoms with E-state index in [4.69, 9.17) is 10.4 Å². The van der Waals surface area contributed by atoms with E-state index in [-0.39, 0.29) is 17.9 Å². The van der Waals surface area contributed by atoms with Crippen molar-refractivity contribution < 1.29 is 9.90 Å². The van der Waals surface area contributed by atoms with Crippen molar-refractivity contribution in [3.63, 3.8) is 0 Å². The summed E-state index contributed by atoms with van der Waals surface area (Å²) in [4.78, 5) is 12.9. The first-order valence-corrected chi connectivity index (χ1v) is 5.82. The van der Waals surface area contributed by atoms with Crippen LogP contribution in [0.2, 0.25) is 0 Å². The molecule has 1 atom stereocenters. The van der Waals surface area contributed by atoms with Crippen LogP contribution in [0, 0.1) is 16.7 Å². The number of carbonyl (C=O) groups is 1. The van der Waals surface area contributed by atoms with Crippen LogP contribution in [0.3, 0.4) is 0 Å². The molecule has 1 N–H and O–H groups in total. The van der Waals surface area contributed by atoms with E-state index in [1.165, 1.54) is 0 Å². The Labute approximate surface area is 96.9 Å². The van der Waals surface area contributed by atoms with Crippen LogP contribution in [-0.2, 0) is 4.79 Å². The fourth-order valence-corrected chi connectivity index (χ4v) is 2.10. The van der Waals surface area contributed by atoms with Crippen molar-refractivity contribution in [1.29, 1.82) is 5.26 Å². The maximum absolute atomic E-state index is 10.7. The van der Waals surface area contributed by atoms with Gasteiger partial charge < -0.3 is 5.11 Å². The number of hydrogen-bond donors (Lipinski definition) is 1. The van der Waals surface area contributed by atoms with Crippen molar-refractivity contribution in [2.24, 2.45) is 5.41 Å². The molecule has 4 heteroatoms. The largest absolute Gasteiger partial charge is 0.481 e. The van der Waals surface area contributed by atoms with Crippen molar-refractivity contribution in [2.75, 3.05) is 13.1 Å². The van der Waals surface area contributed by atoms with E-state index < -0.39 is 5.97 Å². The summed E-state index contributed by atoms with van der Waals surface area (Å²) in [7, 11) is 0. The van der Waals surface area contributed by atoms with Gasteiger partial charge in [-0.15, -0.1) is 0 Å². The molecule has 0 aromatic rings. The summed E-state index contributed by atoms with van der Waals surface area (Å²) < 4.78 is 0. The number of nitriles is 1. The second-order valence-corrected chi connectivity index (χ2v) is 5.18. The van der Waals surface area contributed by atoms with Crippen molar-refractivity contribution in [3.05, 3.63) is 0 Å². The predicted octanol–water partition coefficient (Wildman–Crippen LogP) is 1.87. The first kappa shape index (κ1) is 13.0. The number of nitrogens with zero attached hydrogens (tertiary/aromatic N) is 2. The molecule has 1 saturated heterocycles. The molecule has 0 aromatic carbocycles. The summed E-state index contributed by atoms with van der Waals surface area (Å²) in [6.07, 6.45) is 3.08. The lowest BCUT2D eigenvalue weighted by Crippen LogP contribution is -2.34. The maximum atomic E-state index is 10.7. The summed E-state index contributed by atoms with van der Waals surface area (Å²) >= 11 is 0. The highest BCUT2D eigenvalue weighted by atomic mass is 16.4. The number of hydrogen-bond acceptors (Lipinski definition) is 3. The third kappa shape index (κ3) is 3.82. The van der Waals surface area contributed by atoms with Gasteiger partial charge in [0.15, 0.2) is 0 Å². The van der Waals surface area contributed by atoms with Crippen LogP contribution in [0.1, 0.15) is 39.5 Å². The first-order chi connectivity index (χ1) is 7.44. The van der Waals surface area contributed by atoms with Crippen molar-refractivity contribution in [1.82, 2.24) is 4.90 Å². The topological polar surface area (TPSA) is 64.3 Å². The van der Waals surface area contributed by atoms with Crippen molar-refractivity contribution in [3.8, 4) is 6.07 Å². The fourth-order valence-electron chi connectivity index (χ4n) is 2.10. The molecule has 1 heterocycles. The zero-order valence-electron chi connectivity index (χ0n) is 10.1. The van der Waals surface area contributed by atoms with E-state index in [0.29, 0.717) is 0 Å². The second-order valence-electron chi connectivity index (χ2n) is 5.18. The molecule has 0 spiro atoms. The molecular formula is C12H20N2O2. The molecule has 0 radical (unpaired) electrons. The average molecular weight is 224 g/mol. The van der Waals surface area contributed by atoms with E-state index in [1.807, 2.05) is 13.8 Å². The Morgan fingerprint density at radius 3 is 2.88 bits per heavy atom. The van der Waals surface area contributed by atoms with E-state index >= 15 is 0 Å². The van der Waals surface area contributed by atoms with Crippen molar-refractivity contribution in [2.45, 2.75) is 45.6 Å². The van der Waals surface area contributed by atoms with Gasteiger partial charge in [-0.25, -0.2) is 0 Å². The normalized spacial score (nSPS) is 21.9. The Morgan fingerprint density at radius 1 is 1.62 bits per heavy atom. The number of aliphatic carboxylic acids is 1.